The van der Waals surface area contributed by atoms with E-state index in [1.165, 1.54) is 6.20 Å². The predicted molar refractivity (Wildman–Crippen MR) is 56.6 cm³/mol. The lowest BCUT2D eigenvalue weighted by Gasteiger charge is -2.16. The molecule has 6 nitrogen and oxygen atoms in total. The van der Waals surface area contributed by atoms with Gasteiger partial charge in [-0.15, -0.1) is 0 Å². The molecular weight excluding hydrogens is 210 g/mol. The Kier molecular flexibility index (Phi) is 3.00. The van der Waals surface area contributed by atoms with Crippen LogP contribution in [0.3, 0.4) is 0 Å². The van der Waals surface area contributed by atoms with Gasteiger partial charge < -0.3 is 14.7 Å². The largest absolute Gasteiger partial charge is 0.476 e. The second kappa shape index (κ2) is 4.44. The minimum Gasteiger partial charge on any atom is -0.476 e. The van der Waals surface area contributed by atoms with Crippen molar-refractivity contribution in [3.8, 4) is 0 Å². The summed E-state index contributed by atoms with van der Waals surface area (Å²) in [5, 5.41) is 8.80. The molecule has 1 aromatic rings. The van der Waals surface area contributed by atoms with E-state index in [1.54, 1.807) is 13.3 Å². The van der Waals surface area contributed by atoms with Crippen LogP contribution in [0.4, 0.5) is 5.82 Å². The van der Waals surface area contributed by atoms with Crippen LogP contribution in [0.15, 0.2) is 12.4 Å². The van der Waals surface area contributed by atoms with Crippen molar-refractivity contribution < 1.29 is 14.6 Å². The summed E-state index contributed by atoms with van der Waals surface area (Å²) in [4.78, 5) is 20.6. The third-order valence-electron chi connectivity index (χ3n) is 2.64. The van der Waals surface area contributed by atoms with Gasteiger partial charge in [0.25, 0.3) is 0 Å². The average Bonchev–Trinajstić information content (AvgIpc) is 2.77. The fourth-order valence-corrected chi connectivity index (χ4v) is 1.74. The summed E-state index contributed by atoms with van der Waals surface area (Å²) in [6.45, 7) is 1.55. The first-order chi connectivity index (χ1) is 7.70. The molecule has 1 N–H and O–H groups in total. The van der Waals surface area contributed by atoms with E-state index in [0.29, 0.717) is 5.82 Å². The number of hydrogen-bond donors (Lipinski definition) is 1. The van der Waals surface area contributed by atoms with Crippen LogP contribution in [0.2, 0.25) is 0 Å². The molecule has 1 saturated heterocycles. The maximum atomic E-state index is 10.7. The second-order valence-electron chi connectivity index (χ2n) is 3.66. The normalized spacial score (nSPS) is 20.1. The van der Waals surface area contributed by atoms with Gasteiger partial charge in [0.1, 0.15) is 5.82 Å². The highest BCUT2D eigenvalue weighted by Crippen LogP contribution is 2.18. The number of nitrogens with zero attached hydrogens (tertiary/aromatic N) is 3. The first-order valence-electron chi connectivity index (χ1n) is 5.04. The Balaban J connectivity index is 2.15. The number of methoxy groups -OCH3 is 1. The van der Waals surface area contributed by atoms with E-state index >= 15 is 0 Å². The fraction of sp³-hybridized carbons (Fsp3) is 0.500. The van der Waals surface area contributed by atoms with E-state index in [1.807, 2.05) is 4.90 Å². The van der Waals surface area contributed by atoms with Gasteiger partial charge in [0, 0.05) is 20.2 Å². The number of rotatable bonds is 3. The van der Waals surface area contributed by atoms with Crippen LogP contribution in [0.25, 0.3) is 0 Å². The zero-order valence-electron chi connectivity index (χ0n) is 8.96. The molecule has 0 bridgehead atoms. The van der Waals surface area contributed by atoms with Gasteiger partial charge in [-0.3, -0.25) is 4.98 Å². The lowest BCUT2D eigenvalue weighted by Crippen LogP contribution is -2.23. The van der Waals surface area contributed by atoms with E-state index in [9.17, 15) is 4.79 Å². The Morgan fingerprint density at radius 2 is 2.44 bits per heavy atom. The molecule has 0 aromatic carbocycles. The molecule has 0 spiro atoms. The van der Waals surface area contributed by atoms with Crippen LogP contribution in [0.5, 0.6) is 0 Å². The number of carbonyl (C=O) groups is 1. The fourth-order valence-electron chi connectivity index (χ4n) is 1.74. The van der Waals surface area contributed by atoms with Gasteiger partial charge in [0.2, 0.25) is 0 Å². The molecule has 0 aliphatic carbocycles. The third kappa shape index (κ3) is 2.11. The number of aromatic nitrogens is 2. The van der Waals surface area contributed by atoms with Gasteiger partial charge >= 0.3 is 5.97 Å². The molecule has 0 saturated carbocycles. The van der Waals surface area contributed by atoms with Crippen molar-refractivity contribution in [1.82, 2.24) is 9.97 Å². The first kappa shape index (κ1) is 10.8. The molecule has 6 heteroatoms. The summed E-state index contributed by atoms with van der Waals surface area (Å²) in [6, 6.07) is 0. The first-order valence-corrected chi connectivity index (χ1v) is 5.04. The Morgan fingerprint density at radius 3 is 3.06 bits per heavy atom. The summed E-state index contributed by atoms with van der Waals surface area (Å²) in [7, 11) is 1.67. The van der Waals surface area contributed by atoms with Crippen molar-refractivity contribution in [2.75, 3.05) is 25.1 Å². The van der Waals surface area contributed by atoms with Gasteiger partial charge in [-0.05, 0) is 6.42 Å². The molecule has 0 amide bonds. The summed E-state index contributed by atoms with van der Waals surface area (Å²) in [5.74, 6) is -0.462. The van der Waals surface area contributed by atoms with Crippen molar-refractivity contribution in [2.45, 2.75) is 12.5 Å². The molecule has 86 valence electrons. The Hall–Kier alpha value is -1.69. The van der Waals surface area contributed by atoms with Crippen molar-refractivity contribution in [1.29, 1.82) is 0 Å². The van der Waals surface area contributed by atoms with Crippen LogP contribution in [-0.2, 0) is 4.74 Å². The lowest BCUT2D eigenvalue weighted by molar-refractivity contribution is 0.0690. The van der Waals surface area contributed by atoms with Crippen molar-refractivity contribution in [2.24, 2.45) is 0 Å². The van der Waals surface area contributed by atoms with E-state index in [2.05, 4.69) is 9.97 Å². The quantitative estimate of drug-likeness (QED) is 0.799. The topological polar surface area (TPSA) is 75.5 Å². The summed E-state index contributed by atoms with van der Waals surface area (Å²) >= 11 is 0. The van der Waals surface area contributed by atoms with Crippen molar-refractivity contribution in [3.05, 3.63) is 18.1 Å². The Labute approximate surface area is 92.9 Å². The van der Waals surface area contributed by atoms with Crippen LogP contribution in [0.1, 0.15) is 16.9 Å². The number of anilines is 1. The van der Waals surface area contributed by atoms with Crippen LogP contribution in [0, 0.1) is 0 Å². The van der Waals surface area contributed by atoms with Crippen molar-refractivity contribution >= 4 is 11.8 Å². The smallest absolute Gasteiger partial charge is 0.356 e. The molecular formula is C10H13N3O3. The minimum absolute atomic E-state index is 0.0293. The summed E-state index contributed by atoms with van der Waals surface area (Å²) in [5.41, 5.74) is -0.0293. The number of carboxylic acid groups (broad SMARTS) is 1. The molecule has 2 rings (SSSR count). The number of hydrogen-bond acceptors (Lipinski definition) is 5. The molecule has 16 heavy (non-hydrogen) atoms. The third-order valence-corrected chi connectivity index (χ3v) is 2.64. The van der Waals surface area contributed by atoms with Crippen LogP contribution < -0.4 is 4.90 Å². The van der Waals surface area contributed by atoms with E-state index < -0.39 is 5.97 Å². The standard InChI is InChI=1S/C10H13N3O3/c1-16-7-2-3-13(6-7)9-5-11-4-8(12-9)10(14)15/h4-5,7H,2-3,6H2,1H3,(H,14,15). The van der Waals surface area contributed by atoms with Crippen molar-refractivity contribution in [3.63, 3.8) is 0 Å². The van der Waals surface area contributed by atoms with E-state index in [4.69, 9.17) is 9.84 Å². The number of carboxylic acids is 1. The van der Waals surface area contributed by atoms with Gasteiger partial charge in [0.05, 0.1) is 18.5 Å². The van der Waals surface area contributed by atoms with E-state index in [-0.39, 0.29) is 11.8 Å². The summed E-state index contributed by atoms with van der Waals surface area (Å²) in [6.07, 6.45) is 3.94. The maximum Gasteiger partial charge on any atom is 0.356 e. The molecule has 1 atom stereocenters. The number of ether oxygens (including phenoxy) is 1. The SMILES string of the molecule is COC1CCN(c2cncc(C(=O)O)n2)C1. The van der Waals surface area contributed by atoms with Gasteiger partial charge in [-0.1, -0.05) is 0 Å². The zero-order valence-corrected chi connectivity index (χ0v) is 8.96. The Bertz CT molecular complexity index is 397. The lowest BCUT2D eigenvalue weighted by atomic mass is 10.3. The minimum atomic E-state index is -1.06. The highest BCUT2D eigenvalue weighted by atomic mass is 16.5. The highest BCUT2D eigenvalue weighted by Gasteiger charge is 2.23. The van der Waals surface area contributed by atoms with Gasteiger partial charge in [-0.25, -0.2) is 9.78 Å². The number of aromatic carboxylic acids is 1. The molecule has 1 aliphatic heterocycles. The second-order valence-corrected chi connectivity index (χ2v) is 3.66. The monoisotopic (exact) mass is 223 g/mol. The highest BCUT2D eigenvalue weighted by molar-refractivity contribution is 5.85. The Morgan fingerprint density at radius 1 is 1.62 bits per heavy atom. The molecule has 2 heterocycles. The van der Waals surface area contributed by atoms with Crippen LogP contribution in [-0.4, -0.2) is 47.3 Å². The van der Waals surface area contributed by atoms with Gasteiger partial charge in [0.15, 0.2) is 5.69 Å². The maximum absolute atomic E-state index is 10.7. The zero-order chi connectivity index (χ0) is 11.5. The average molecular weight is 223 g/mol. The van der Waals surface area contributed by atoms with Gasteiger partial charge in [-0.2, -0.15) is 0 Å². The molecule has 1 aliphatic rings. The van der Waals surface area contributed by atoms with Crippen LogP contribution >= 0.6 is 0 Å². The van der Waals surface area contributed by atoms with E-state index in [0.717, 1.165) is 19.5 Å². The summed E-state index contributed by atoms with van der Waals surface area (Å²) < 4.78 is 5.23. The molecule has 1 fully saturated rings. The predicted octanol–water partition coefficient (Wildman–Crippen LogP) is 0.400. The molecule has 1 unspecified atom stereocenters. The molecule has 1 aromatic heterocycles. The molecule has 0 radical (unpaired) electrons.